The Labute approximate surface area is 203 Å². The lowest BCUT2D eigenvalue weighted by Crippen LogP contribution is -2.48. The van der Waals surface area contributed by atoms with E-state index in [1.807, 2.05) is 36.4 Å². The Bertz CT molecular complexity index is 1040. The van der Waals surface area contributed by atoms with Crippen LogP contribution in [0.1, 0.15) is 28.7 Å². The van der Waals surface area contributed by atoms with Gasteiger partial charge in [-0.2, -0.15) is 0 Å². The van der Waals surface area contributed by atoms with Gasteiger partial charge in [0.1, 0.15) is 0 Å². The van der Waals surface area contributed by atoms with Gasteiger partial charge in [0, 0.05) is 38.4 Å². The number of carbonyl (C=O) groups excluding carboxylic acids is 1. The zero-order valence-corrected chi connectivity index (χ0v) is 20.2. The van der Waals surface area contributed by atoms with Gasteiger partial charge in [-0.3, -0.25) is 9.69 Å². The van der Waals surface area contributed by atoms with Crippen molar-refractivity contribution in [2.75, 3.05) is 44.2 Å². The quantitative estimate of drug-likeness (QED) is 0.504. The Morgan fingerprint density at radius 3 is 2.03 bits per heavy atom. The summed E-state index contributed by atoms with van der Waals surface area (Å²) in [5, 5.41) is 14.5. The van der Waals surface area contributed by atoms with Crippen LogP contribution in [0.3, 0.4) is 0 Å². The van der Waals surface area contributed by atoms with Crippen LogP contribution in [0.2, 0.25) is 0 Å². The highest BCUT2D eigenvalue weighted by Gasteiger charge is 2.39. The Balaban J connectivity index is 1.29. The van der Waals surface area contributed by atoms with Crippen molar-refractivity contribution >= 4 is 11.6 Å². The summed E-state index contributed by atoms with van der Waals surface area (Å²) in [5.41, 5.74) is 3.47. The molecule has 4 rings (SSSR count). The Hall–Kier alpha value is -3.15. The number of rotatable bonds is 8. The number of benzene rings is 3. The summed E-state index contributed by atoms with van der Waals surface area (Å²) in [6, 6.07) is 24.8. The first-order chi connectivity index (χ1) is 16.5. The topological polar surface area (TPSA) is 55.8 Å². The van der Waals surface area contributed by atoms with Gasteiger partial charge in [0.15, 0.2) is 5.60 Å². The Kier molecular flexibility index (Phi) is 7.66. The highest BCUT2D eigenvalue weighted by atomic mass is 16.3. The molecule has 0 spiro atoms. The van der Waals surface area contributed by atoms with E-state index in [4.69, 9.17) is 0 Å². The second-order valence-electron chi connectivity index (χ2n) is 9.10. The molecule has 1 aliphatic rings. The normalized spacial score (nSPS) is 14.7. The monoisotopic (exact) mass is 457 g/mol. The van der Waals surface area contributed by atoms with E-state index < -0.39 is 5.60 Å². The molecule has 0 unspecified atom stereocenters. The van der Waals surface area contributed by atoms with Crippen molar-refractivity contribution in [2.24, 2.45) is 0 Å². The van der Waals surface area contributed by atoms with Gasteiger partial charge in [-0.25, -0.2) is 0 Å². The molecule has 34 heavy (non-hydrogen) atoms. The fourth-order valence-electron chi connectivity index (χ4n) is 4.71. The zero-order chi connectivity index (χ0) is 24.0. The zero-order valence-electron chi connectivity index (χ0n) is 20.2. The Morgan fingerprint density at radius 2 is 1.44 bits per heavy atom. The maximum atomic E-state index is 13.2. The molecule has 1 saturated heterocycles. The third-order valence-corrected chi connectivity index (χ3v) is 6.94. The van der Waals surface area contributed by atoms with Crippen molar-refractivity contribution in [3.63, 3.8) is 0 Å². The molecule has 0 aliphatic carbocycles. The third-order valence-electron chi connectivity index (χ3n) is 6.94. The summed E-state index contributed by atoms with van der Waals surface area (Å²) in [6.07, 6.45) is 0.842. The van der Waals surface area contributed by atoms with Crippen LogP contribution in [-0.4, -0.2) is 55.2 Å². The van der Waals surface area contributed by atoms with Gasteiger partial charge < -0.3 is 15.3 Å². The van der Waals surface area contributed by atoms with E-state index in [9.17, 15) is 9.90 Å². The number of carbonyl (C=O) groups is 1. The summed E-state index contributed by atoms with van der Waals surface area (Å²) in [6.45, 7) is 9.87. The molecule has 2 N–H and O–H groups in total. The van der Waals surface area contributed by atoms with Crippen molar-refractivity contribution in [2.45, 2.75) is 25.9 Å². The molecule has 3 aromatic rings. The molecule has 5 heteroatoms. The molecule has 0 atom stereocenters. The van der Waals surface area contributed by atoms with E-state index in [-0.39, 0.29) is 5.91 Å². The van der Waals surface area contributed by atoms with Crippen LogP contribution < -0.4 is 10.2 Å². The van der Waals surface area contributed by atoms with Gasteiger partial charge in [-0.15, -0.1) is 0 Å². The standard InChI is InChI=1S/C29H35N3O2/c1-23-11-9-16-27(24(23)2)32-21-19-31(20-22-32)18-10-17-30-28(33)29(34,25-12-5-3-6-13-25)26-14-7-4-8-15-26/h3-9,11-16,34H,10,17-22H2,1-2H3,(H,30,33). The van der Waals surface area contributed by atoms with Crippen molar-refractivity contribution in [3.05, 3.63) is 101 Å². The molecule has 1 fully saturated rings. The number of hydrogen-bond donors (Lipinski definition) is 2. The van der Waals surface area contributed by atoms with Crippen molar-refractivity contribution in [1.82, 2.24) is 10.2 Å². The number of amides is 1. The first kappa shape index (κ1) is 24.0. The van der Waals surface area contributed by atoms with Crippen LogP contribution >= 0.6 is 0 Å². The molecular formula is C29H35N3O2. The molecule has 0 bridgehead atoms. The minimum absolute atomic E-state index is 0.385. The number of anilines is 1. The maximum Gasteiger partial charge on any atom is 0.261 e. The van der Waals surface area contributed by atoms with Gasteiger partial charge in [-0.05, 0) is 55.1 Å². The molecule has 3 aromatic carbocycles. The lowest BCUT2D eigenvalue weighted by Gasteiger charge is -2.37. The van der Waals surface area contributed by atoms with Crippen molar-refractivity contribution in [1.29, 1.82) is 0 Å². The number of hydrogen-bond acceptors (Lipinski definition) is 4. The third kappa shape index (κ3) is 5.16. The molecule has 1 aliphatic heterocycles. The van der Waals surface area contributed by atoms with Crippen LogP contribution in [-0.2, 0) is 10.4 Å². The second kappa shape index (κ2) is 10.9. The summed E-state index contributed by atoms with van der Waals surface area (Å²) < 4.78 is 0. The van der Waals surface area contributed by atoms with Gasteiger partial charge in [0.05, 0.1) is 0 Å². The lowest BCUT2D eigenvalue weighted by atomic mass is 9.85. The van der Waals surface area contributed by atoms with Crippen LogP contribution in [0.25, 0.3) is 0 Å². The van der Waals surface area contributed by atoms with Gasteiger partial charge in [0.25, 0.3) is 5.91 Å². The molecule has 178 valence electrons. The molecule has 1 heterocycles. The predicted octanol–water partition coefficient (Wildman–Crippen LogP) is 3.87. The van der Waals surface area contributed by atoms with Crippen LogP contribution in [0.4, 0.5) is 5.69 Å². The maximum absolute atomic E-state index is 13.2. The van der Waals surface area contributed by atoms with Crippen LogP contribution in [0, 0.1) is 13.8 Å². The van der Waals surface area contributed by atoms with Gasteiger partial charge in [0.2, 0.25) is 0 Å². The minimum atomic E-state index is -1.71. The lowest BCUT2D eigenvalue weighted by molar-refractivity contribution is -0.136. The summed E-state index contributed by atoms with van der Waals surface area (Å²) >= 11 is 0. The fraction of sp³-hybridized carbons (Fsp3) is 0.345. The van der Waals surface area contributed by atoms with E-state index in [0.717, 1.165) is 39.1 Å². The highest BCUT2D eigenvalue weighted by molar-refractivity contribution is 5.90. The van der Waals surface area contributed by atoms with Crippen molar-refractivity contribution < 1.29 is 9.90 Å². The highest BCUT2D eigenvalue weighted by Crippen LogP contribution is 2.30. The van der Waals surface area contributed by atoms with E-state index in [1.165, 1.54) is 16.8 Å². The van der Waals surface area contributed by atoms with E-state index >= 15 is 0 Å². The SMILES string of the molecule is Cc1cccc(N2CCN(CCCNC(=O)C(O)(c3ccccc3)c3ccccc3)CC2)c1C. The van der Waals surface area contributed by atoms with Crippen molar-refractivity contribution in [3.8, 4) is 0 Å². The number of nitrogens with one attached hydrogen (secondary N) is 1. The number of piperazine rings is 1. The van der Waals surface area contributed by atoms with E-state index in [2.05, 4.69) is 47.2 Å². The average molecular weight is 458 g/mol. The smallest absolute Gasteiger partial charge is 0.261 e. The number of aliphatic hydroxyl groups is 1. The first-order valence-corrected chi connectivity index (χ1v) is 12.2. The molecule has 0 aromatic heterocycles. The summed E-state index contributed by atoms with van der Waals surface area (Å²) in [4.78, 5) is 18.1. The Morgan fingerprint density at radius 1 is 0.853 bits per heavy atom. The largest absolute Gasteiger partial charge is 0.372 e. The number of nitrogens with zero attached hydrogens (tertiary/aromatic N) is 2. The summed E-state index contributed by atoms with van der Waals surface area (Å²) in [7, 11) is 0. The first-order valence-electron chi connectivity index (χ1n) is 12.2. The molecule has 5 nitrogen and oxygen atoms in total. The molecule has 0 radical (unpaired) electrons. The van der Waals surface area contributed by atoms with Crippen LogP contribution in [0.15, 0.2) is 78.9 Å². The van der Waals surface area contributed by atoms with Gasteiger partial charge >= 0.3 is 0 Å². The fourth-order valence-corrected chi connectivity index (χ4v) is 4.71. The second-order valence-corrected chi connectivity index (χ2v) is 9.10. The minimum Gasteiger partial charge on any atom is -0.372 e. The predicted molar refractivity (Wildman–Crippen MR) is 138 cm³/mol. The molecular weight excluding hydrogens is 422 g/mol. The summed E-state index contributed by atoms with van der Waals surface area (Å²) in [5.74, 6) is -0.385. The van der Waals surface area contributed by atoms with Gasteiger partial charge in [-0.1, -0.05) is 72.8 Å². The van der Waals surface area contributed by atoms with E-state index in [0.29, 0.717) is 17.7 Å². The van der Waals surface area contributed by atoms with E-state index in [1.54, 1.807) is 24.3 Å². The molecule has 1 amide bonds. The molecule has 0 saturated carbocycles. The number of aryl methyl sites for hydroxylation is 1. The average Bonchev–Trinajstić information content (AvgIpc) is 2.89. The van der Waals surface area contributed by atoms with Crippen LogP contribution in [0.5, 0.6) is 0 Å².